The van der Waals surface area contributed by atoms with Crippen molar-refractivity contribution in [1.29, 1.82) is 0 Å². The summed E-state index contributed by atoms with van der Waals surface area (Å²) in [6.45, 7) is 2.01. The van der Waals surface area contributed by atoms with Gasteiger partial charge in [0.05, 0.1) is 12.8 Å². The predicted octanol–water partition coefficient (Wildman–Crippen LogP) is 2.74. The van der Waals surface area contributed by atoms with Gasteiger partial charge in [-0.05, 0) is 30.7 Å². The zero-order chi connectivity index (χ0) is 12.5. The fourth-order valence-corrected chi connectivity index (χ4v) is 1.95. The van der Waals surface area contributed by atoms with E-state index in [1.807, 2.05) is 48.0 Å². The zero-order valence-corrected chi connectivity index (χ0v) is 10.3. The number of methoxy groups -OCH3 is 1. The van der Waals surface area contributed by atoms with Gasteiger partial charge in [-0.2, -0.15) is 0 Å². The third kappa shape index (κ3) is 1.72. The first-order chi connectivity index (χ1) is 8.78. The summed E-state index contributed by atoms with van der Waals surface area (Å²) in [4.78, 5) is 8.80. The standard InChI is InChI=1S/C14H13N3O/c1-10-6-13-14(15-8-10)17(9-16-13)11-4-3-5-12(7-11)18-2/h3-9H,1-2H3. The molecule has 0 aliphatic rings. The molecule has 1 aromatic carbocycles. The predicted molar refractivity (Wildman–Crippen MR) is 70.2 cm³/mol. The molecule has 2 aromatic heterocycles. The Morgan fingerprint density at radius 2 is 2.06 bits per heavy atom. The smallest absolute Gasteiger partial charge is 0.164 e. The number of hydrogen-bond donors (Lipinski definition) is 0. The number of fused-ring (bicyclic) bond motifs is 1. The lowest BCUT2D eigenvalue weighted by Gasteiger charge is -2.05. The summed E-state index contributed by atoms with van der Waals surface area (Å²) in [6, 6.07) is 9.86. The van der Waals surface area contributed by atoms with E-state index >= 15 is 0 Å². The van der Waals surface area contributed by atoms with Crippen molar-refractivity contribution in [2.75, 3.05) is 7.11 Å². The molecule has 0 atom stereocenters. The van der Waals surface area contributed by atoms with Gasteiger partial charge >= 0.3 is 0 Å². The molecule has 0 unspecified atom stereocenters. The Morgan fingerprint density at radius 1 is 1.17 bits per heavy atom. The minimum Gasteiger partial charge on any atom is -0.497 e. The topological polar surface area (TPSA) is 39.9 Å². The molecule has 0 spiro atoms. The van der Waals surface area contributed by atoms with Gasteiger partial charge in [0.2, 0.25) is 0 Å². The molecule has 0 aliphatic carbocycles. The lowest BCUT2D eigenvalue weighted by Crippen LogP contribution is -1.94. The number of aryl methyl sites for hydroxylation is 1. The Kier molecular flexibility index (Phi) is 2.48. The van der Waals surface area contributed by atoms with Gasteiger partial charge in [0.15, 0.2) is 5.65 Å². The number of imidazole rings is 1. The van der Waals surface area contributed by atoms with E-state index < -0.39 is 0 Å². The van der Waals surface area contributed by atoms with Crippen LogP contribution < -0.4 is 4.74 Å². The minimum absolute atomic E-state index is 0.821. The summed E-state index contributed by atoms with van der Waals surface area (Å²) in [5, 5.41) is 0. The van der Waals surface area contributed by atoms with Crippen LogP contribution in [0.2, 0.25) is 0 Å². The minimum atomic E-state index is 0.821. The Labute approximate surface area is 105 Å². The van der Waals surface area contributed by atoms with Crippen molar-refractivity contribution in [1.82, 2.24) is 14.5 Å². The molecule has 0 fully saturated rings. The number of rotatable bonds is 2. The molecule has 0 N–H and O–H groups in total. The van der Waals surface area contributed by atoms with Crippen LogP contribution >= 0.6 is 0 Å². The summed E-state index contributed by atoms with van der Waals surface area (Å²) in [5.41, 5.74) is 3.86. The molecule has 2 heterocycles. The van der Waals surface area contributed by atoms with Gasteiger partial charge in [0, 0.05) is 12.3 Å². The van der Waals surface area contributed by atoms with Crippen molar-refractivity contribution in [2.24, 2.45) is 0 Å². The van der Waals surface area contributed by atoms with Crippen molar-refractivity contribution in [3.63, 3.8) is 0 Å². The average molecular weight is 239 g/mol. The molecule has 90 valence electrons. The molecule has 0 bridgehead atoms. The van der Waals surface area contributed by atoms with Gasteiger partial charge < -0.3 is 4.74 Å². The van der Waals surface area contributed by atoms with E-state index in [1.165, 1.54) is 0 Å². The molecular weight excluding hydrogens is 226 g/mol. The van der Waals surface area contributed by atoms with Crippen molar-refractivity contribution in [3.8, 4) is 11.4 Å². The number of benzene rings is 1. The van der Waals surface area contributed by atoms with E-state index in [2.05, 4.69) is 9.97 Å². The molecule has 0 radical (unpaired) electrons. The Balaban J connectivity index is 2.19. The summed E-state index contributed by atoms with van der Waals surface area (Å²) in [6.07, 6.45) is 3.63. The van der Waals surface area contributed by atoms with E-state index in [4.69, 9.17) is 4.74 Å². The summed E-state index contributed by atoms with van der Waals surface area (Å²) < 4.78 is 7.19. The molecule has 4 heteroatoms. The number of pyridine rings is 1. The van der Waals surface area contributed by atoms with Crippen LogP contribution in [0, 0.1) is 6.92 Å². The van der Waals surface area contributed by atoms with Gasteiger partial charge in [-0.1, -0.05) is 6.07 Å². The summed E-state index contributed by atoms with van der Waals surface area (Å²) >= 11 is 0. The molecular formula is C14H13N3O. The molecule has 0 aliphatic heterocycles. The van der Waals surface area contributed by atoms with E-state index in [0.717, 1.165) is 28.2 Å². The van der Waals surface area contributed by atoms with Gasteiger partial charge in [-0.3, -0.25) is 4.57 Å². The van der Waals surface area contributed by atoms with Crippen LogP contribution in [0.15, 0.2) is 42.9 Å². The highest BCUT2D eigenvalue weighted by atomic mass is 16.5. The van der Waals surface area contributed by atoms with Crippen LogP contribution in [0.1, 0.15) is 5.56 Å². The third-order valence-corrected chi connectivity index (χ3v) is 2.86. The lowest BCUT2D eigenvalue weighted by atomic mass is 10.3. The monoisotopic (exact) mass is 239 g/mol. The van der Waals surface area contributed by atoms with Crippen molar-refractivity contribution in [2.45, 2.75) is 6.92 Å². The maximum Gasteiger partial charge on any atom is 0.164 e. The van der Waals surface area contributed by atoms with Crippen molar-refractivity contribution in [3.05, 3.63) is 48.4 Å². The van der Waals surface area contributed by atoms with E-state index in [-0.39, 0.29) is 0 Å². The zero-order valence-electron chi connectivity index (χ0n) is 10.3. The molecule has 3 aromatic rings. The van der Waals surface area contributed by atoms with E-state index in [9.17, 15) is 0 Å². The maximum absolute atomic E-state index is 5.23. The molecule has 3 rings (SSSR count). The largest absolute Gasteiger partial charge is 0.497 e. The first kappa shape index (κ1) is 10.8. The molecule has 0 amide bonds. The van der Waals surface area contributed by atoms with Crippen LogP contribution in [-0.2, 0) is 0 Å². The fraction of sp³-hybridized carbons (Fsp3) is 0.143. The second-order valence-electron chi connectivity index (χ2n) is 4.17. The number of hydrogen-bond acceptors (Lipinski definition) is 3. The SMILES string of the molecule is COc1cccc(-n2cnc3cc(C)cnc32)c1. The third-order valence-electron chi connectivity index (χ3n) is 2.86. The van der Waals surface area contributed by atoms with Gasteiger partial charge in [0.1, 0.15) is 17.6 Å². The fourth-order valence-electron chi connectivity index (χ4n) is 1.95. The molecule has 18 heavy (non-hydrogen) atoms. The quantitative estimate of drug-likeness (QED) is 0.690. The number of nitrogens with zero attached hydrogens (tertiary/aromatic N) is 3. The number of ether oxygens (including phenoxy) is 1. The van der Waals surface area contributed by atoms with E-state index in [1.54, 1.807) is 13.4 Å². The van der Waals surface area contributed by atoms with Crippen LogP contribution in [0.5, 0.6) is 5.75 Å². The normalized spacial score (nSPS) is 10.8. The summed E-state index contributed by atoms with van der Waals surface area (Å²) in [7, 11) is 1.66. The second kappa shape index (κ2) is 4.14. The Morgan fingerprint density at radius 3 is 2.89 bits per heavy atom. The summed E-state index contributed by atoms with van der Waals surface area (Å²) in [5.74, 6) is 0.821. The van der Waals surface area contributed by atoms with Crippen LogP contribution in [-0.4, -0.2) is 21.6 Å². The van der Waals surface area contributed by atoms with Crippen molar-refractivity contribution < 1.29 is 4.74 Å². The van der Waals surface area contributed by atoms with Crippen molar-refractivity contribution >= 4 is 11.2 Å². The average Bonchev–Trinajstić information content (AvgIpc) is 2.81. The Bertz CT molecular complexity index is 703. The highest BCUT2D eigenvalue weighted by Gasteiger charge is 2.06. The van der Waals surface area contributed by atoms with Crippen LogP contribution in [0.25, 0.3) is 16.9 Å². The molecule has 0 saturated heterocycles. The second-order valence-corrected chi connectivity index (χ2v) is 4.17. The van der Waals surface area contributed by atoms with Crippen LogP contribution in [0.3, 0.4) is 0 Å². The molecule has 0 saturated carbocycles. The first-order valence-corrected chi connectivity index (χ1v) is 5.72. The van der Waals surface area contributed by atoms with Crippen LogP contribution in [0.4, 0.5) is 0 Å². The highest BCUT2D eigenvalue weighted by Crippen LogP contribution is 2.20. The Hall–Kier alpha value is -2.36. The lowest BCUT2D eigenvalue weighted by molar-refractivity contribution is 0.414. The maximum atomic E-state index is 5.23. The van der Waals surface area contributed by atoms with Gasteiger partial charge in [-0.25, -0.2) is 9.97 Å². The van der Waals surface area contributed by atoms with Gasteiger partial charge in [0.25, 0.3) is 0 Å². The highest BCUT2D eigenvalue weighted by molar-refractivity contribution is 5.73. The van der Waals surface area contributed by atoms with Gasteiger partial charge in [-0.15, -0.1) is 0 Å². The first-order valence-electron chi connectivity index (χ1n) is 5.72. The van der Waals surface area contributed by atoms with E-state index in [0.29, 0.717) is 0 Å². The number of aromatic nitrogens is 3. The molecule has 4 nitrogen and oxygen atoms in total.